The Kier molecular flexibility index (Phi) is 4.65. The second-order valence-electron chi connectivity index (χ2n) is 7.80. The van der Waals surface area contributed by atoms with Gasteiger partial charge in [0.15, 0.2) is 18.8 Å². The molecule has 2 bridgehead atoms. The summed E-state index contributed by atoms with van der Waals surface area (Å²) in [5.41, 5.74) is 0.131. The average molecular weight is 407 g/mol. The number of benzene rings is 1. The smallest absolute Gasteiger partial charge is 0.258 e. The maximum Gasteiger partial charge on any atom is 0.258 e. The molecule has 1 aromatic heterocycles. The molecular formula is C20H20ClFN2O4. The number of oxazole rings is 1. The van der Waals surface area contributed by atoms with Crippen molar-refractivity contribution in [3.8, 4) is 5.75 Å². The van der Waals surface area contributed by atoms with Crippen LogP contribution >= 0.6 is 11.6 Å². The van der Waals surface area contributed by atoms with Gasteiger partial charge in [0, 0.05) is 24.4 Å². The second-order valence-corrected chi connectivity index (χ2v) is 8.21. The summed E-state index contributed by atoms with van der Waals surface area (Å²) in [5, 5.41) is 2.98. The minimum atomic E-state index is -0.594. The number of Topliss-reactive ketones (excluding diaryl/α,β-unsaturated/α-hetero) is 1. The van der Waals surface area contributed by atoms with E-state index in [-0.39, 0.29) is 40.0 Å². The number of amides is 1. The number of nitrogens with one attached hydrogen (secondary N) is 1. The molecule has 2 aromatic rings. The fourth-order valence-corrected chi connectivity index (χ4v) is 4.66. The summed E-state index contributed by atoms with van der Waals surface area (Å²) in [7, 11) is 0. The number of ketones is 1. The monoisotopic (exact) mass is 406 g/mol. The normalized spacial score (nSPS) is 24.8. The average Bonchev–Trinajstić information content (AvgIpc) is 3.08. The molecule has 3 saturated carbocycles. The first-order valence-electron chi connectivity index (χ1n) is 9.18. The third-order valence-corrected chi connectivity index (χ3v) is 5.87. The molecule has 148 valence electrons. The third-order valence-electron chi connectivity index (χ3n) is 5.57. The zero-order valence-corrected chi connectivity index (χ0v) is 16.1. The van der Waals surface area contributed by atoms with Crippen molar-refractivity contribution in [2.24, 2.45) is 5.41 Å². The number of carbonyl (C=O) groups excluding carboxylic acids is 2. The van der Waals surface area contributed by atoms with Crippen LogP contribution in [0.5, 0.6) is 5.75 Å². The van der Waals surface area contributed by atoms with Crippen molar-refractivity contribution in [1.82, 2.24) is 10.3 Å². The van der Waals surface area contributed by atoms with Gasteiger partial charge in [-0.05, 0) is 36.8 Å². The minimum Gasteiger partial charge on any atom is -0.484 e. The van der Waals surface area contributed by atoms with Crippen molar-refractivity contribution in [3.63, 3.8) is 0 Å². The first kappa shape index (κ1) is 18.9. The SMILES string of the molecule is CCc1ocnc1C(=O)CC12CC(NC(=O)COc3ccc(Cl)c(F)c3)(C1)C2. The number of carbonyl (C=O) groups is 2. The van der Waals surface area contributed by atoms with Gasteiger partial charge in [-0.3, -0.25) is 9.59 Å². The molecule has 0 saturated heterocycles. The third kappa shape index (κ3) is 3.39. The predicted molar refractivity (Wildman–Crippen MR) is 98.9 cm³/mol. The molecule has 0 aliphatic heterocycles. The summed E-state index contributed by atoms with van der Waals surface area (Å²) in [5.74, 6) is 0.00785. The van der Waals surface area contributed by atoms with E-state index in [0.29, 0.717) is 24.3 Å². The van der Waals surface area contributed by atoms with E-state index in [1.807, 2.05) is 6.92 Å². The lowest BCUT2D eigenvalue weighted by Gasteiger charge is -2.70. The van der Waals surface area contributed by atoms with Crippen LogP contribution in [0.2, 0.25) is 5.02 Å². The Morgan fingerprint density at radius 3 is 2.79 bits per heavy atom. The van der Waals surface area contributed by atoms with Crippen LogP contribution in [0.15, 0.2) is 29.0 Å². The van der Waals surface area contributed by atoms with Gasteiger partial charge in [0.25, 0.3) is 5.91 Å². The van der Waals surface area contributed by atoms with Crippen LogP contribution in [0.3, 0.4) is 0 Å². The molecule has 8 heteroatoms. The number of hydrogen-bond donors (Lipinski definition) is 1. The molecule has 1 amide bonds. The molecule has 0 radical (unpaired) electrons. The maximum absolute atomic E-state index is 13.4. The summed E-state index contributed by atoms with van der Waals surface area (Å²) in [6.07, 6.45) is 4.67. The highest BCUT2D eigenvalue weighted by Crippen LogP contribution is 2.69. The molecule has 6 nitrogen and oxygen atoms in total. The Balaban J connectivity index is 1.24. The van der Waals surface area contributed by atoms with E-state index >= 15 is 0 Å². The summed E-state index contributed by atoms with van der Waals surface area (Å²) in [6, 6.07) is 4.03. The van der Waals surface area contributed by atoms with Crippen molar-refractivity contribution >= 4 is 23.3 Å². The molecule has 3 aliphatic carbocycles. The zero-order valence-electron chi connectivity index (χ0n) is 15.4. The number of hydrogen-bond acceptors (Lipinski definition) is 5. The quantitative estimate of drug-likeness (QED) is 0.676. The van der Waals surface area contributed by atoms with E-state index < -0.39 is 5.82 Å². The number of aryl methyl sites for hydroxylation is 1. The Labute approximate surface area is 166 Å². The molecule has 1 N–H and O–H groups in total. The van der Waals surface area contributed by atoms with E-state index in [1.54, 1.807) is 0 Å². The van der Waals surface area contributed by atoms with Crippen LogP contribution in [0, 0.1) is 11.2 Å². The van der Waals surface area contributed by atoms with Crippen LogP contribution in [0.25, 0.3) is 0 Å². The summed E-state index contributed by atoms with van der Waals surface area (Å²) in [4.78, 5) is 28.7. The van der Waals surface area contributed by atoms with Crippen LogP contribution in [0.4, 0.5) is 4.39 Å². The van der Waals surface area contributed by atoms with Gasteiger partial charge in [-0.25, -0.2) is 9.37 Å². The van der Waals surface area contributed by atoms with Crippen LogP contribution in [-0.2, 0) is 11.2 Å². The summed E-state index contributed by atoms with van der Waals surface area (Å²) >= 11 is 5.62. The van der Waals surface area contributed by atoms with Crippen LogP contribution < -0.4 is 10.1 Å². The molecule has 3 aliphatic rings. The van der Waals surface area contributed by atoms with Gasteiger partial charge in [0.1, 0.15) is 23.0 Å². The maximum atomic E-state index is 13.4. The minimum absolute atomic E-state index is 0.00155. The van der Waals surface area contributed by atoms with E-state index in [1.165, 1.54) is 18.5 Å². The number of halogens is 2. The summed E-state index contributed by atoms with van der Waals surface area (Å²) < 4.78 is 23.9. The van der Waals surface area contributed by atoms with E-state index in [9.17, 15) is 14.0 Å². The largest absolute Gasteiger partial charge is 0.484 e. The van der Waals surface area contributed by atoms with Crippen molar-refractivity contribution in [3.05, 3.63) is 46.9 Å². The van der Waals surface area contributed by atoms with Gasteiger partial charge in [0.05, 0.1) is 5.02 Å². The standard InChI is InChI=1S/C20H20ClFN2O4/c1-2-16-18(23-11-28-16)15(25)6-19-8-20(9-19,10-19)24-17(26)7-27-12-3-4-13(21)14(22)5-12/h3-5,11H,2,6-10H2,1H3,(H,24,26). The van der Waals surface area contributed by atoms with E-state index in [4.69, 9.17) is 20.8 Å². The lowest BCUT2D eigenvalue weighted by Crippen LogP contribution is -2.75. The van der Waals surface area contributed by atoms with Gasteiger partial charge in [0.2, 0.25) is 0 Å². The number of rotatable bonds is 8. The molecule has 0 atom stereocenters. The summed E-state index contributed by atoms with van der Waals surface area (Å²) in [6.45, 7) is 1.72. The Hall–Kier alpha value is -2.41. The van der Waals surface area contributed by atoms with Gasteiger partial charge in [-0.1, -0.05) is 18.5 Å². The molecule has 1 heterocycles. The number of nitrogens with zero attached hydrogens (tertiary/aromatic N) is 1. The number of ether oxygens (including phenoxy) is 1. The van der Waals surface area contributed by atoms with E-state index in [2.05, 4.69) is 10.3 Å². The molecule has 28 heavy (non-hydrogen) atoms. The van der Waals surface area contributed by atoms with E-state index in [0.717, 1.165) is 25.3 Å². The van der Waals surface area contributed by atoms with Crippen molar-refractivity contribution < 1.29 is 23.1 Å². The lowest BCUT2D eigenvalue weighted by molar-refractivity contribution is -0.164. The fourth-order valence-electron chi connectivity index (χ4n) is 4.54. The predicted octanol–water partition coefficient (Wildman–Crippen LogP) is 3.72. The molecule has 0 spiro atoms. The first-order valence-corrected chi connectivity index (χ1v) is 9.56. The number of aromatic nitrogens is 1. The van der Waals surface area contributed by atoms with Crippen molar-refractivity contribution in [2.75, 3.05) is 6.61 Å². The first-order chi connectivity index (χ1) is 13.3. The molecule has 0 unspecified atom stereocenters. The van der Waals surface area contributed by atoms with Gasteiger partial charge < -0.3 is 14.5 Å². The molecular weight excluding hydrogens is 387 g/mol. The molecule has 1 aromatic carbocycles. The molecule has 5 rings (SSSR count). The van der Waals surface area contributed by atoms with Crippen molar-refractivity contribution in [1.29, 1.82) is 0 Å². The van der Waals surface area contributed by atoms with Crippen molar-refractivity contribution in [2.45, 2.75) is 44.6 Å². The van der Waals surface area contributed by atoms with Crippen LogP contribution in [-0.4, -0.2) is 28.8 Å². The fraction of sp³-hybridized carbons (Fsp3) is 0.450. The molecule has 3 fully saturated rings. The highest BCUT2D eigenvalue weighted by Gasteiger charge is 2.68. The highest BCUT2D eigenvalue weighted by atomic mass is 35.5. The van der Waals surface area contributed by atoms with Gasteiger partial charge >= 0.3 is 0 Å². The Morgan fingerprint density at radius 2 is 2.11 bits per heavy atom. The van der Waals surface area contributed by atoms with Gasteiger partial charge in [-0.15, -0.1) is 0 Å². The lowest BCUT2D eigenvalue weighted by atomic mass is 9.38. The van der Waals surface area contributed by atoms with Crippen LogP contribution in [0.1, 0.15) is 48.9 Å². The Bertz CT molecular complexity index is 922. The second kappa shape index (κ2) is 6.88. The van der Waals surface area contributed by atoms with Gasteiger partial charge in [-0.2, -0.15) is 0 Å². The zero-order chi connectivity index (χ0) is 19.9. The topological polar surface area (TPSA) is 81.4 Å². The highest BCUT2D eigenvalue weighted by molar-refractivity contribution is 6.30. The Morgan fingerprint density at radius 1 is 1.36 bits per heavy atom.